The summed E-state index contributed by atoms with van der Waals surface area (Å²) < 4.78 is 0. The van der Waals surface area contributed by atoms with Crippen molar-refractivity contribution in [1.82, 2.24) is 10.2 Å². The summed E-state index contributed by atoms with van der Waals surface area (Å²) >= 11 is 0. The lowest BCUT2D eigenvalue weighted by Gasteiger charge is -2.14. The van der Waals surface area contributed by atoms with Gasteiger partial charge in [0.15, 0.2) is 0 Å². The highest BCUT2D eigenvalue weighted by Crippen LogP contribution is 2.05. The Morgan fingerprint density at radius 3 is 2.58 bits per heavy atom. The highest BCUT2D eigenvalue weighted by atomic mass is 16.4. The number of aromatic carboxylic acids is 1. The van der Waals surface area contributed by atoms with E-state index in [2.05, 4.69) is 5.32 Å². The third kappa shape index (κ3) is 4.79. The summed E-state index contributed by atoms with van der Waals surface area (Å²) in [7, 11) is 1.53. The summed E-state index contributed by atoms with van der Waals surface area (Å²) in [5.74, 6) is -1.49. The molecule has 2 N–H and O–H groups in total. The van der Waals surface area contributed by atoms with Crippen molar-refractivity contribution in [1.29, 1.82) is 0 Å². The second kappa shape index (κ2) is 6.53. The van der Waals surface area contributed by atoms with Crippen LogP contribution >= 0.6 is 0 Å². The maximum Gasteiger partial charge on any atom is 0.335 e. The maximum absolute atomic E-state index is 11.5. The van der Waals surface area contributed by atoms with Crippen molar-refractivity contribution in [2.75, 3.05) is 13.6 Å². The van der Waals surface area contributed by atoms with E-state index in [4.69, 9.17) is 5.11 Å². The van der Waals surface area contributed by atoms with Crippen LogP contribution in [0.25, 0.3) is 0 Å². The van der Waals surface area contributed by atoms with Crippen LogP contribution in [0, 0.1) is 0 Å². The number of amides is 2. The van der Waals surface area contributed by atoms with Gasteiger partial charge in [-0.2, -0.15) is 0 Å². The number of carboxylic acid groups (broad SMARTS) is 1. The Hall–Kier alpha value is -2.37. The summed E-state index contributed by atoms with van der Waals surface area (Å²) in [5.41, 5.74) is 0.867. The molecular formula is C13H16N2O4. The molecule has 0 aliphatic heterocycles. The molecule has 0 fully saturated rings. The van der Waals surface area contributed by atoms with Gasteiger partial charge in [0.05, 0.1) is 12.1 Å². The Kier molecular flexibility index (Phi) is 5.05. The molecule has 0 aliphatic rings. The zero-order valence-electron chi connectivity index (χ0n) is 10.8. The highest BCUT2D eigenvalue weighted by Gasteiger charge is 2.09. The van der Waals surface area contributed by atoms with Gasteiger partial charge >= 0.3 is 5.97 Å². The molecule has 1 aromatic carbocycles. The van der Waals surface area contributed by atoms with Gasteiger partial charge in [-0.25, -0.2) is 4.79 Å². The number of benzene rings is 1. The minimum atomic E-state index is -1.01. The van der Waals surface area contributed by atoms with Crippen LogP contribution in [-0.4, -0.2) is 41.4 Å². The van der Waals surface area contributed by atoms with Gasteiger partial charge in [0.1, 0.15) is 0 Å². The molecule has 0 aromatic heterocycles. The van der Waals surface area contributed by atoms with Gasteiger partial charge in [0, 0.05) is 20.5 Å². The number of likely N-dealkylation sites (N-methyl/N-ethyl adjacent to an activating group) is 1. The molecule has 0 saturated carbocycles. The van der Waals surface area contributed by atoms with Gasteiger partial charge in [-0.05, 0) is 17.7 Å². The van der Waals surface area contributed by atoms with Gasteiger partial charge in [-0.1, -0.05) is 12.1 Å². The highest BCUT2D eigenvalue weighted by molar-refractivity contribution is 5.87. The van der Waals surface area contributed by atoms with Crippen LogP contribution in [0.2, 0.25) is 0 Å². The molecule has 0 atom stereocenters. The summed E-state index contributed by atoms with van der Waals surface area (Å²) in [6.45, 7) is 1.59. The van der Waals surface area contributed by atoms with Gasteiger partial charge in [0.2, 0.25) is 11.8 Å². The number of rotatable bonds is 5. The summed E-state index contributed by atoms with van der Waals surface area (Å²) in [4.78, 5) is 34.6. The van der Waals surface area contributed by atoms with Gasteiger partial charge in [-0.15, -0.1) is 0 Å². The average Bonchev–Trinajstić information content (AvgIpc) is 2.36. The van der Waals surface area contributed by atoms with Gasteiger partial charge in [0.25, 0.3) is 0 Å². The van der Waals surface area contributed by atoms with Crippen molar-refractivity contribution in [3.8, 4) is 0 Å². The molecule has 19 heavy (non-hydrogen) atoms. The first-order valence-corrected chi connectivity index (χ1v) is 5.71. The molecule has 0 saturated heterocycles. The number of hydrogen-bond acceptors (Lipinski definition) is 3. The molecule has 0 spiro atoms. The Morgan fingerprint density at radius 2 is 2.00 bits per heavy atom. The normalized spacial score (nSPS) is 9.79. The zero-order valence-corrected chi connectivity index (χ0v) is 10.8. The molecule has 0 bridgehead atoms. The van der Waals surface area contributed by atoms with Crippen LogP contribution < -0.4 is 5.32 Å². The second-order valence-corrected chi connectivity index (χ2v) is 4.16. The number of nitrogens with one attached hydrogen (secondary N) is 1. The fourth-order valence-electron chi connectivity index (χ4n) is 1.40. The van der Waals surface area contributed by atoms with Crippen molar-refractivity contribution in [2.24, 2.45) is 0 Å². The number of carbonyl (C=O) groups is 3. The van der Waals surface area contributed by atoms with Gasteiger partial charge < -0.3 is 15.3 Å². The number of carboxylic acids is 1. The minimum absolute atomic E-state index is 0.0199. The molecule has 2 amide bonds. The van der Waals surface area contributed by atoms with E-state index < -0.39 is 5.97 Å². The molecule has 6 heteroatoms. The van der Waals surface area contributed by atoms with E-state index in [0.29, 0.717) is 5.56 Å². The first-order valence-electron chi connectivity index (χ1n) is 5.71. The monoisotopic (exact) mass is 264 g/mol. The molecule has 0 aliphatic carbocycles. The average molecular weight is 264 g/mol. The van der Waals surface area contributed by atoms with E-state index in [1.807, 2.05) is 0 Å². The predicted octanol–water partition coefficient (Wildman–Crippen LogP) is 0.479. The van der Waals surface area contributed by atoms with Gasteiger partial charge in [-0.3, -0.25) is 9.59 Å². The standard InChI is InChI=1S/C13H16N2O4/c1-9(16)15(2)8-12(17)14-7-10-4-3-5-11(6-10)13(18)19/h3-6H,7-8H2,1-2H3,(H,14,17)(H,18,19). The van der Waals surface area contributed by atoms with E-state index >= 15 is 0 Å². The van der Waals surface area contributed by atoms with Crippen molar-refractivity contribution in [3.63, 3.8) is 0 Å². The Balaban J connectivity index is 2.53. The van der Waals surface area contributed by atoms with Crippen LogP contribution in [0.4, 0.5) is 0 Å². The summed E-state index contributed by atoms with van der Waals surface area (Å²) in [6, 6.07) is 6.32. The molecule has 0 unspecified atom stereocenters. The first-order chi connectivity index (χ1) is 8.90. The SMILES string of the molecule is CC(=O)N(C)CC(=O)NCc1cccc(C(=O)O)c1. The Labute approximate surface area is 111 Å². The topological polar surface area (TPSA) is 86.7 Å². The number of hydrogen-bond donors (Lipinski definition) is 2. The fraction of sp³-hybridized carbons (Fsp3) is 0.308. The smallest absolute Gasteiger partial charge is 0.335 e. The molecule has 1 rings (SSSR count). The predicted molar refractivity (Wildman–Crippen MR) is 68.6 cm³/mol. The first kappa shape index (κ1) is 14.7. The Morgan fingerprint density at radius 1 is 1.32 bits per heavy atom. The zero-order chi connectivity index (χ0) is 14.4. The van der Waals surface area contributed by atoms with Crippen LogP contribution in [0.5, 0.6) is 0 Å². The lowest BCUT2D eigenvalue weighted by Crippen LogP contribution is -2.37. The largest absolute Gasteiger partial charge is 0.478 e. The Bertz CT molecular complexity index is 499. The van der Waals surface area contributed by atoms with E-state index in [-0.39, 0.29) is 30.5 Å². The minimum Gasteiger partial charge on any atom is -0.478 e. The molecule has 0 radical (unpaired) electrons. The third-order valence-electron chi connectivity index (χ3n) is 2.58. The van der Waals surface area contributed by atoms with Crippen LogP contribution in [0.3, 0.4) is 0 Å². The number of nitrogens with zero attached hydrogens (tertiary/aromatic N) is 1. The molecular weight excluding hydrogens is 248 g/mol. The van der Waals surface area contributed by atoms with Crippen molar-refractivity contribution >= 4 is 17.8 Å². The van der Waals surface area contributed by atoms with E-state index in [0.717, 1.165) is 0 Å². The van der Waals surface area contributed by atoms with E-state index in [9.17, 15) is 14.4 Å². The summed E-state index contributed by atoms with van der Waals surface area (Å²) in [5, 5.41) is 11.5. The molecule has 1 aromatic rings. The third-order valence-corrected chi connectivity index (χ3v) is 2.58. The molecule has 102 valence electrons. The van der Waals surface area contributed by atoms with E-state index in [1.54, 1.807) is 12.1 Å². The van der Waals surface area contributed by atoms with E-state index in [1.165, 1.54) is 31.0 Å². The number of carbonyl (C=O) groups excluding carboxylic acids is 2. The van der Waals surface area contributed by atoms with Crippen molar-refractivity contribution < 1.29 is 19.5 Å². The van der Waals surface area contributed by atoms with Crippen LogP contribution in [-0.2, 0) is 16.1 Å². The van der Waals surface area contributed by atoms with Crippen LogP contribution in [0.15, 0.2) is 24.3 Å². The fourth-order valence-corrected chi connectivity index (χ4v) is 1.40. The second-order valence-electron chi connectivity index (χ2n) is 4.16. The lowest BCUT2D eigenvalue weighted by atomic mass is 10.1. The summed E-state index contributed by atoms with van der Waals surface area (Å²) in [6.07, 6.45) is 0. The van der Waals surface area contributed by atoms with Crippen molar-refractivity contribution in [2.45, 2.75) is 13.5 Å². The van der Waals surface area contributed by atoms with Crippen LogP contribution in [0.1, 0.15) is 22.8 Å². The molecule has 0 heterocycles. The quantitative estimate of drug-likeness (QED) is 0.809. The van der Waals surface area contributed by atoms with Crippen molar-refractivity contribution in [3.05, 3.63) is 35.4 Å². The molecule has 6 nitrogen and oxygen atoms in total. The maximum atomic E-state index is 11.5. The lowest BCUT2D eigenvalue weighted by molar-refractivity contribution is -0.133.